The fraction of sp³-hybridized carbons (Fsp3) is 0.857. The van der Waals surface area contributed by atoms with Crippen molar-refractivity contribution in [1.82, 2.24) is 30.7 Å². The fourth-order valence-corrected chi connectivity index (χ4v) is 5.25. The van der Waals surface area contributed by atoms with Crippen LogP contribution in [0.25, 0.3) is 0 Å². The summed E-state index contributed by atoms with van der Waals surface area (Å²) in [6.45, 7) is 17.4. The Balaban J connectivity index is 1.72. The van der Waals surface area contributed by atoms with E-state index in [2.05, 4.69) is 59.5 Å². The van der Waals surface area contributed by atoms with Gasteiger partial charge in [-0.25, -0.2) is 9.79 Å². The fourth-order valence-electron chi connectivity index (χ4n) is 5.25. The quantitative estimate of drug-likeness (QED) is 0.280. The van der Waals surface area contributed by atoms with Gasteiger partial charge in [0.2, 0.25) is 11.9 Å². The highest BCUT2D eigenvalue weighted by molar-refractivity contribution is 5.97. The molecule has 226 valence electrons. The van der Waals surface area contributed by atoms with Gasteiger partial charge in [-0.15, -0.1) is 0 Å². The van der Waals surface area contributed by atoms with Crippen molar-refractivity contribution in [3.8, 4) is 6.07 Å². The Labute approximate surface area is 239 Å². The number of hydrogen-bond donors (Lipinski definition) is 3. The van der Waals surface area contributed by atoms with Gasteiger partial charge in [-0.3, -0.25) is 15.0 Å². The van der Waals surface area contributed by atoms with Crippen LogP contribution in [0.15, 0.2) is 4.99 Å². The highest BCUT2D eigenvalue weighted by Gasteiger charge is 2.38. The first-order chi connectivity index (χ1) is 19.1. The summed E-state index contributed by atoms with van der Waals surface area (Å²) >= 11 is 0. The molecule has 3 aliphatic heterocycles. The summed E-state index contributed by atoms with van der Waals surface area (Å²) in [4.78, 5) is 38.1. The zero-order valence-corrected chi connectivity index (χ0v) is 25.0. The number of morpholine rings is 2. The number of piperidine rings is 1. The summed E-state index contributed by atoms with van der Waals surface area (Å²) in [5.41, 5.74) is -1.11. The molecule has 3 saturated heterocycles. The Bertz CT molecular complexity index is 880. The van der Waals surface area contributed by atoms with Crippen LogP contribution in [0.2, 0.25) is 0 Å². The second-order valence-corrected chi connectivity index (χ2v) is 12.2. The molecule has 0 aromatic heterocycles. The molecule has 12 nitrogen and oxygen atoms in total. The number of likely N-dealkylation sites (tertiary alicyclic amines) is 1. The molecular weight excluding hydrogens is 512 g/mol. The SMILES string of the molecule is CCCN1CCC(C#N)(NC(=O)C(CC(C)(C)C)N=C(NC(=O)NCCN2CCOCC2)N2CCOCC2)CC1. The summed E-state index contributed by atoms with van der Waals surface area (Å²) in [7, 11) is 0. The maximum atomic E-state index is 13.7. The van der Waals surface area contributed by atoms with Crippen LogP contribution in [-0.2, 0) is 14.3 Å². The van der Waals surface area contributed by atoms with Crippen LogP contribution in [0.1, 0.15) is 53.4 Å². The zero-order chi connectivity index (χ0) is 29.0. The average molecular weight is 563 g/mol. The van der Waals surface area contributed by atoms with Crippen LogP contribution in [0.4, 0.5) is 4.79 Å². The van der Waals surface area contributed by atoms with Crippen LogP contribution >= 0.6 is 0 Å². The summed E-state index contributed by atoms with van der Waals surface area (Å²) in [5, 5.41) is 19.0. The Morgan fingerprint density at radius 3 is 2.15 bits per heavy atom. The van der Waals surface area contributed by atoms with Gasteiger partial charge in [0.15, 0.2) is 0 Å². The predicted molar refractivity (Wildman–Crippen MR) is 154 cm³/mol. The van der Waals surface area contributed by atoms with Gasteiger partial charge in [0.1, 0.15) is 11.6 Å². The molecule has 0 aromatic carbocycles. The molecule has 0 spiro atoms. The smallest absolute Gasteiger partial charge is 0.321 e. The molecule has 12 heteroatoms. The molecule has 0 saturated carbocycles. The first kappa shape index (κ1) is 32.1. The van der Waals surface area contributed by atoms with Gasteiger partial charge in [-0.2, -0.15) is 5.26 Å². The van der Waals surface area contributed by atoms with E-state index in [1.165, 1.54) is 0 Å². The van der Waals surface area contributed by atoms with E-state index in [9.17, 15) is 14.9 Å². The minimum Gasteiger partial charge on any atom is -0.379 e. The molecule has 1 atom stereocenters. The summed E-state index contributed by atoms with van der Waals surface area (Å²) in [6.07, 6.45) is 2.70. The minimum absolute atomic E-state index is 0.202. The number of rotatable bonds is 9. The maximum Gasteiger partial charge on any atom is 0.321 e. The Kier molecular flexibility index (Phi) is 12.4. The normalized spacial score (nSPS) is 21.8. The number of hydrogen-bond acceptors (Lipinski definition) is 8. The lowest BCUT2D eigenvalue weighted by Gasteiger charge is -2.38. The number of nitrogens with zero attached hydrogens (tertiary/aromatic N) is 5. The maximum absolute atomic E-state index is 13.7. The second kappa shape index (κ2) is 15.5. The molecule has 3 amide bonds. The second-order valence-electron chi connectivity index (χ2n) is 12.2. The molecule has 3 aliphatic rings. The van der Waals surface area contributed by atoms with E-state index in [1.54, 1.807) is 0 Å². The number of urea groups is 1. The summed E-state index contributed by atoms with van der Waals surface area (Å²) in [6, 6.07) is 1.29. The lowest BCUT2D eigenvalue weighted by atomic mass is 9.85. The van der Waals surface area contributed by atoms with Gasteiger partial charge in [-0.05, 0) is 37.6 Å². The van der Waals surface area contributed by atoms with Crippen molar-refractivity contribution >= 4 is 17.9 Å². The molecular formula is C28H50N8O4. The molecule has 3 heterocycles. The van der Waals surface area contributed by atoms with E-state index in [-0.39, 0.29) is 17.4 Å². The zero-order valence-electron chi connectivity index (χ0n) is 25.0. The van der Waals surface area contributed by atoms with Crippen LogP contribution < -0.4 is 16.0 Å². The molecule has 3 fully saturated rings. The summed E-state index contributed by atoms with van der Waals surface area (Å²) in [5.74, 6) is 0.0843. The topological polar surface area (TPSA) is 135 Å². The van der Waals surface area contributed by atoms with E-state index in [0.717, 1.165) is 45.7 Å². The van der Waals surface area contributed by atoms with Gasteiger partial charge in [-0.1, -0.05) is 27.7 Å². The minimum atomic E-state index is -0.906. The number of ether oxygens (including phenoxy) is 2. The molecule has 0 radical (unpaired) electrons. The van der Waals surface area contributed by atoms with Crippen LogP contribution in [0.3, 0.4) is 0 Å². The molecule has 0 aromatic rings. The number of nitriles is 1. The van der Waals surface area contributed by atoms with Gasteiger partial charge in [0.05, 0.1) is 32.5 Å². The third-order valence-corrected chi connectivity index (χ3v) is 7.57. The summed E-state index contributed by atoms with van der Waals surface area (Å²) < 4.78 is 10.9. The van der Waals surface area contributed by atoms with Crippen molar-refractivity contribution in [3.05, 3.63) is 0 Å². The molecule has 3 N–H and O–H groups in total. The molecule has 3 rings (SSSR count). The van der Waals surface area contributed by atoms with Crippen molar-refractivity contribution < 1.29 is 19.1 Å². The lowest BCUT2D eigenvalue weighted by molar-refractivity contribution is -0.124. The van der Waals surface area contributed by atoms with Crippen molar-refractivity contribution in [2.75, 3.05) is 85.3 Å². The molecule has 1 unspecified atom stereocenters. The Morgan fingerprint density at radius 1 is 0.975 bits per heavy atom. The van der Waals surface area contributed by atoms with Gasteiger partial charge >= 0.3 is 6.03 Å². The largest absolute Gasteiger partial charge is 0.379 e. The van der Waals surface area contributed by atoms with Gasteiger partial charge < -0.3 is 29.9 Å². The molecule has 0 aliphatic carbocycles. The average Bonchev–Trinajstić information content (AvgIpc) is 2.94. The highest BCUT2D eigenvalue weighted by Crippen LogP contribution is 2.26. The number of amides is 3. The van der Waals surface area contributed by atoms with E-state index < -0.39 is 11.6 Å². The van der Waals surface area contributed by atoms with Crippen molar-refractivity contribution in [2.24, 2.45) is 10.4 Å². The number of carbonyl (C=O) groups excluding carboxylic acids is 2. The first-order valence-electron chi connectivity index (χ1n) is 14.8. The Morgan fingerprint density at radius 2 is 1.57 bits per heavy atom. The van der Waals surface area contributed by atoms with Crippen molar-refractivity contribution in [1.29, 1.82) is 5.26 Å². The predicted octanol–water partition coefficient (Wildman–Crippen LogP) is 0.995. The number of carbonyl (C=O) groups is 2. The van der Waals surface area contributed by atoms with Crippen molar-refractivity contribution in [3.63, 3.8) is 0 Å². The number of nitrogens with one attached hydrogen (secondary N) is 3. The van der Waals surface area contributed by atoms with E-state index in [0.29, 0.717) is 71.3 Å². The monoisotopic (exact) mass is 562 g/mol. The third kappa shape index (κ3) is 10.5. The standard InChI is InChI=1S/C28H50N8O4/c1-5-9-34-10-6-28(22-29,7-11-34)33-24(37)23(21-27(2,3)4)31-25(36-15-19-40-20-16-36)32-26(38)30-8-12-35-13-17-39-18-14-35/h23H,5-21H2,1-4H3,(H,33,37)(H2,30,31,32,38). The van der Waals surface area contributed by atoms with E-state index in [4.69, 9.17) is 14.5 Å². The van der Waals surface area contributed by atoms with Crippen LogP contribution in [0, 0.1) is 16.7 Å². The number of guanidine groups is 1. The lowest BCUT2D eigenvalue weighted by Crippen LogP contribution is -2.57. The van der Waals surface area contributed by atoms with E-state index in [1.807, 2.05) is 4.90 Å². The third-order valence-electron chi connectivity index (χ3n) is 7.57. The highest BCUT2D eigenvalue weighted by atomic mass is 16.5. The van der Waals surface area contributed by atoms with Crippen LogP contribution in [-0.4, -0.2) is 130 Å². The van der Waals surface area contributed by atoms with Gasteiger partial charge in [0.25, 0.3) is 0 Å². The molecule has 0 bridgehead atoms. The van der Waals surface area contributed by atoms with Crippen molar-refractivity contribution in [2.45, 2.75) is 65.0 Å². The first-order valence-corrected chi connectivity index (χ1v) is 14.8. The molecule has 40 heavy (non-hydrogen) atoms. The Hall–Kier alpha value is -2.46. The van der Waals surface area contributed by atoms with Crippen LogP contribution in [0.5, 0.6) is 0 Å². The van der Waals surface area contributed by atoms with E-state index >= 15 is 0 Å². The van der Waals surface area contributed by atoms with Gasteiger partial charge in [0, 0.05) is 52.4 Å². The number of aliphatic imine (C=N–C) groups is 1.